The van der Waals surface area contributed by atoms with Crippen LogP contribution in [0.15, 0.2) is 10.2 Å². The number of carbonyl (C=O) groups is 1. The van der Waals surface area contributed by atoms with Gasteiger partial charge in [0.1, 0.15) is 26.4 Å². The highest BCUT2D eigenvalue weighted by Gasteiger charge is 2.22. The molecule has 0 saturated heterocycles. The topological polar surface area (TPSA) is 82.8 Å². The maximum absolute atomic E-state index is 12.2. The Morgan fingerprint density at radius 3 is 2.64 bits per heavy atom. The lowest BCUT2D eigenvalue weighted by atomic mass is 10.2. The van der Waals surface area contributed by atoms with Crippen molar-refractivity contribution < 1.29 is 9.53 Å². The second kappa shape index (κ2) is 7.09. The number of hydrogen-bond donors (Lipinski definition) is 0. The van der Waals surface area contributed by atoms with E-state index in [0.29, 0.717) is 17.3 Å². The first-order valence-electron chi connectivity index (χ1n) is 7.98. The van der Waals surface area contributed by atoms with E-state index in [2.05, 4.69) is 27.1 Å². The lowest BCUT2D eigenvalue weighted by Gasteiger charge is -2.06. The van der Waals surface area contributed by atoms with Crippen molar-refractivity contribution in [2.75, 3.05) is 6.61 Å². The summed E-state index contributed by atoms with van der Waals surface area (Å²) in [5, 5.41) is 10.8. The number of aryl methyl sites for hydroxylation is 3. The lowest BCUT2D eigenvalue weighted by Crippen LogP contribution is -2.03. The Kier molecular flexibility index (Phi) is 5.05. The largest absolute Gasteiger partial charge is 0.462 e. The van der Waals surface area contributed by atoms with Crippen molar-refractivity contribution in [2.45, 2.75) is 51.3 Å². The van der Waals surface area contributed by atoms with Gasteiger partial charge in [0.15, 0.2) is 5.16 Å². The van der Waals surface area contributed by atoms with Crippen LogP contribution in [0.1, 0.15) is 40.7 Å². The van der Waals surface area contributed by atoms with Crippen molar-refractivity contribution in [1.29, 1.82) is 0 Å². The minimum absolute atomic E-state index is 0.316. The number of ether oxygens (including phenoxy) is 1. The molecule has 3 aromatic rings. The summed E-state index contributed by atoms with van der Waals surface area (Å²) < 4.78 is 7.19. The first-order chi connectivity index (χ1) is 12.0. The van der Waals surface area contributed by atoms with Gasteiger partial charge in [-0.2, -0.15) is 0 Å². The van der Waals surface area contributed by atoms with Crippen LogP contribution in [0.3, 0.4) is 0 Å². The quantitative estimate of drug-likeness (QED) is 0.496. The standard InChI is InChI=1S/C16H19N5O2S2/c1-6-21-10(5)19-20-16(21)25-14-11-8(3)12(15(22)23-7-2)24-13(11)17-9(4)18-14/h6-7H2,1-5H3. The van der Waals surface area contributed by atoms with Crippen molar-refractivity contribution in [3.8, 4) is 0 Å². The number of hydrogen-bond acceptors (Lipinski definition) is 8. The third-order valence-electron chi connectivity index (χ3n) is 3.74. The van der Waals surface area contributed by atoms with Gasteiger partial charge in [-0.05, 0) is 51.9 Å². The summed E-state index contributed by atoms with van der Waals surface area (Å²) in [4.78, 5) is 22.6. The molecule has 25 heavy (non-hydrogen) atoms. The van der Waals surface area contributed by atoms with E-state index in [-0.39, 0.29) is 5.97 Å². The highest BCUT2D eigenvalue weighted by molar-refractivity contribution is 7.99. The number of esters is 1. The molecular weight excluding hydrogens is 358 g/mol. The van der Waals surface area contributed by atoms with E-state index in [0.717, 1.165) is 38.3 Å². The van der Waals surface area contributed by atoms with Gasteiger partial charge in [-0.15, -0.1) is 21.5 Å². The molecule has 7 nitrogen and oxygen atoms in total. The summed E-state index contributed by atoms with van der Waals surface area (Å²) in [6, 6.07) is 0. The SMILES string of the molecule is CCOC(=O)c1sc2nc(C)nc(Sc3nnc(C)n3CC)c2c1C. The maximum Gasteiger partial charge on any atom is 0.348 e. The average Bonchev–Trinajstić information content (AvgIpc) is 3.07. The number of aromatic nitrogens is 5. The summed E-state index contributed by atoms with van der Waals surface area (Å²) in [6.45, 7) is 10.7. The van der Waals surface area contributed by atoms with Crippen LogP contribution in [-0.2, 0) is 11.3 Å². The molecule has 0 aliphatic rings. The molecule has 0 saturated carbocycles. The number of fused-ring (bicyclic) bond motifs is 1. The zero-order valence-electron chi connectivity index (χ0n) is 14.8. The Bertz CT molecular complexity index is 948. The molecule has 0 amide bonds. The second-order valence-electron chi connectivity index (χ2n) is 5.41. The van der Waals surface area contributed by atoms with Gasteiger partial charge in [-0.25, -0.2) is 14.8 Å². The van der Waals surface area contributed by atoms with Crippen LogP contribution in [0.5, 0.6) is 0 Å². The Morgan fingerprint density at radius 2 is 1.96 bits per heavy atom. The molecule has 0 atom stereocenters. The Balaban J connectivity index is 2.12. The van der Waals surface area contributed by atoms with Crippen molar-refractivity contribution in [1.82, 2.24) is 24.7 Å². The van der Waals surface area contributed by atoms with Gasteiger partial charge in [-0.1, -0.05) is 0 Å². The lowest BCUT2D eigenvalue weighted by molar-refractivity contribution is 0.0531. The third kappa shape index (κ3) is 3.25. The zero-order valence-corrected chi connectivity index (χ0v) is 16.4. The normalized spacial score (nSPS) is 11.2. The predicted molar refractivity (Wildman–Crippen MR) is 97.4 cm³/mol. The van der Waals surface area contributed by atoms with E-state index >= 15 is 0 Å². The second-order valence-corrected chi connectivity index (χ2v) is 7.36. The van der Waals surface area contributed by atoms with Gasteiger partial charge >= 0.3 is 5.97 Å². The number of rotatable bonds is 5. The van der Waals surface area contributed by atoms with Crippen molar-refractivity contribution in [2.24, 2.45) is 0 Å². The molecule has 3 heterocycles. The average molecular weight is 377 g/mol. The van der Waals surface area contributed by atoms with Crippen LogP contribution in [-0.4, -0.2) is 37.3 Å². The zero-order chi connectivity index (χ0) is 18.1. The van der Waals surface area contributed by atoms with Crippen LogP contribution in [0.4, 0.5) is 0 Å². The van der Waals surface area contributed by atoms with Gasteiger partial charge < -0.3 is 9.30 Å². The minimum Gasteiger partial charge on any atom is -0.462 e. The molecule has 0 aromatic carbocycles. The van der Waals surface area contributed by atoms with Crippen LogP contribution < -0.4 is 0 Å². The third-order valence-corrected chi connectivity index (χ3v) is 5.87. The van der Waals surface area contributed by atoms with Gasteiger partial charge in [0.05, 0.1) is 6.61 Å². The molecule has 0 aliphatic carbocycles. The Hall–Kier alpha value is -2.00. The molecule has 3 aromatic heterocycles. The molecule has 0 unspecified atom stereocenters. The molecule has 0 aliphatic heterocycles. The van der Waals surface area contributed by atoms with E-state index in [1.54, 1.807) is 6.92 Å². The summed E-state index contributed by atoms with van der Waals surface area (Å²) in [6.07, 6.45) is 0. The summed E-state index contributed by atoms with van der Waals surface area (Å²) in [5.74, 6) is 1.20. The Morgan fingerprint density at radius 1 is 1.20 bits per heavy atom. The van der Waals surface area contributed by atoms with Gasteiger partial charge in [0.25, 0.3) is 0 Å². The van der Waals surface area contributed by atoms with Gasteiger partial charge in [0, 0.05) is 11.9 Å². The van der Waals surface area contributed by atoms with Gasteiger partial charge in [0.2, 0.25) is 0 Å². The molecule has 0 radical (unpaired) electrons. The summed E-state index contributed by atoms with van der Waals surface area (Å²) >= 11 is 2.79. The van der Waals surface area contributed by atoms with Crippen LogP contribution in [0.2, 0.25) is 0 Å². The molecule has 0 N–H and O–H groups in total. The first kappa shape index (κ1) is 17.8. The van der Waals surface area contributed by atoms with E-state index in [4.69, 9.17) is 4.74 Å². The van der Waals surface area contributed by atoms with Crippen LogP contribution in [0, 0.1) is 20.8 Å². The first-order valence-corrected chi connectivity index (χ1v) is 9.62. The monoisotopic (exact) mass is 377 g/mol. The fourth-order valence-electron chi connectivity index (χ4n) is 2.56. The van der Waals surface area contributed by atoms with Crippen molar-refractivity contribution >= 4 is 39.3 Å². The van der Waals surface area contributed by atoms with E-state index in [1.807, 2.05) is 25.3 Å². The molecule has 9 heteroatoms. The fourth-order valence-corrected chi connectivity index (χ4v) is 4.90. The summed E-state index contributed by atoms with van der Waals surface area (Å²) in [5.41, 5.74) is 0.847. The highest BCUT2D eigenvalue weighted by Crippen LogP contribution is 2.38. The van der Waals surface area contributed by atoms with Crippen LogP contribution >= 0.6 is 23.1 Å². The number of carbonyl (C=O) groups excluding carboxylic acids is 1. The fraction of sp³-hybridized carbons (Fsp3) is 0.438. The molecule has 3 rings (SSSR count). The highest BCUT2D eigenvalue weighted by atomic mass is 32.2. The van der Waals surface area contributed by atoms with E-state index < -0.39 is 0 Å². The van der Waals surface area contributed by atoms with E-state index in [1.165, 1.54) is 23.1 Å². The molecule has 132 valence electrons. The smallest absolute Gasteiger partial charge is 0.348 e. The molecule has 0 spiro atoms. The molecule has 0 fully saturated rings. The van der Waals surface area contributed by atoms with Crippen molar-refractivity contribution in [3.05, 3.63) is 22.1 Å². The summed E-state index contributed by atoms with van der Waals surface area (Å²) in [7, 11) is 0. The molecular formula is C16H19N5O2S2. The Labute approximate surface area is 153 Å². The maximum atomic E-state index is 12.2. The predicted octanol–water partition coefficient (Wildman–Crippen LogP) is 3.56. The minimum atomic E-state index is -0.316. The number of thiophene rings is 1. The van der Waals surface area contributed by atoms with Gasteiger partial charge in [-0.3, -0.25) is 0 Å². The van der Waals surface area contributed by atoms with Crippen molar-refractivity contribution in [3.63, 3.8) is 0 Å². The van der Waals surface area contributed by atoms with Crippen LogP contribution in [0.25, 0.3) is 10.2 Å². The number of nitrogens with zero attached hydrogens (tertiary/aromatic N) is 5. The van der Waals surface area contributed by atoms with E-state index in [9.17, 15) is 4.79 Å². The molecule has 0 bridgehead atoms.